The molecule has 2 atom stereocenters. The van der Waals surface area contributed by atoms with E-state index in [0.29, 0.717) is 5.56 Å². The molecule has 0 bridgehead atoms. The van der Waals surface area contributed by atoms with Crippen LogP contribution < -0.4 is 4.90 Å². The van der Waals surface area contributed by atoms with Crippen LogP contribution >= 0.6 is 15.9 Å². The van der Waals surface area contributed by atoms with Crippen LogP contribution in [-0.4, -0.2) is 45.3 Å². The summed E-state index contributed by atoms with van der Waals surface area (Å²) in [7, 11) is 3.40. The van der Waals surface area contributed by atoms with Gasteiger partial charge in [0, 0.05) is 37.3 Å². The Bertz CT molecular complexity index is 466. The van der Waals surface area contributed by atoms with E-state index >= 15 is 0 Å². The van der Waals surface area contributed by atoms with E-state index in [4.69, 9.17) is 9.47 Å². The number of carbonyl (C=O) groups is 1. The molecule has 104 valence electrons. The Morgan fingerprint density at radius 1 is 1.26 bits per heavy atom. The Balaban J connectivity index is 2.21. The molecule has 19 heavy (non-hydrogen) atoms. The van der Waals surface area contributed by atoms with E-state index in [1.54, 1.807) is 21.1 Å². The highest BCUT2D eigenvalue weighted by Gasteiger charge is 2.33. The Labute approximate surface area is 121 Å². The number of ketones is 1. The molecule has 2 rings (SSSR count). The number of hydrogen-bond donors (Lipinski definition) is 0. The van der Waals surface area contributed by atoms with Crippen LogP contribution in [0.4, 0.5) is 5.69 Å². The zero-order valence-electron chi connectivity index (χ0n) is 11.4. The van der Waals surface area contributed by atoms with Gasteiger partial charge in [0.05, 0.1) is 5.69 Å². The van der Waals surface area contributed by atoms with Crippen molar-refractivity contribution in [2.45, 2.75) is 19.1 Å². The summed E-state index contributed by atoms with van der Waals surface area (Å²) in [5.41, 5.74) is 1.77. The summed E-state index contributed by atoms with van der Waals surface area (Å²) >= 11 is 3.53. The molecule has 0 radical (unpaired) electrons. The summed E-state index contributed by atoms with van der Waals surface area (Å²) in [6.45, 7) is 3.14. The monoisotopic (exact) mass is 327 g/mol. The number of anilines is 1. The lowest BCUT2D eigenvalue weighted by atomic mass is 10.1. The zero-order chi connectivity index (χ0) is 14.0. The fraction of sp³-hybridized carbons (Fsp3) is 0.500. The number of ether oxygens (including phenoxy) is 2. The van der Waals surface area contributed by atoms with Crippen molar-refractivity contribution < 1.29 is 14.3 Å². The van der Waals surface area contributed by atoms with Gasteiger partial charge in [-0.05, 0) is 41.1 Å². The Morgan fingerprint density at radius 2 is 1.84 bits per heavy atom. The minimum Gasteiger partial charge on any atom is -0.377 e. The highest BCUT2D eigenvalue weighted by Crippen LogP contribution is 2.31. The Kier molecular flexibility index (Phi) is 4.60. The van der Waals surface area contributed by atoms with Gasteiger partial charge in [-0.15, -0.1) is 0 Å². The molecule has 4 nitrogen and oxygen atoms in total. The summed E-state index contributed by atoms with van der Waals surface area (Å²) in [4.78, 5) is 13.6. The van der Waals surface area contributed by atoms with Crippen LogP contribution in [0.5, 0.6) is 0 Å². The van der Waals surface area contributed by atoms with Crippen molar-refractivity contribution in [3.8, 4) is 0 Å². The number of Topliss-reactive ketones (excluding diaryl/α,β-unsaturated/α-hetero) is 1. The van der Waals surface area contributed by atoms with Crippen molar-refractivity contribution >= 4 is 27.4 Å². The van der Waals surface area contributed by atoms with Gasteiger partial charge in [0.25, 0.3) is 0 Å². The molecule has 0 N–H and O–H groups in total. The van der Waals surface area contributed by atoms with Crippen LogP contribution in [0.15, 0.2) is 22.7 Å². The molecule has 1 aliphatic rings. The van der Waals surface area contributed by atoms with Gasteiger partial charge >= 0.3 is 0 Å². The van der Waals surface area contributed by atoms with E-state index in [1.165, 1.54) is 0 Å². The van der Waals surface area contributed by atoms with Crippen molar-refractivity contribution in [3.05, 3.63) is 28.2 Å². The molecule has 1 fully saturated rings. The number of benzene rings is 1. The van der Waals surface area contributed by atoms with Gasteiger partial charge in [-0.2, -0.15) is 0 Å². The van der Waals surface area contributed by atoms with Crippen molar-refractivity contribution in [1.29, 1.82) is 0 Å². The summed E-state index contributed by atoms with van der Waals surface area (Å²) in [6, 6.07) is 5.68. The van der Waals surface area contributed by atoms with Gasteiger partial charge in [0.2, 0.25) is 0 Å². The largest absolute Gasteiger partial charge is 0.377 e. The predicted molar refractivity (Wildman–Crippen MR) is 78.0 cm³/mol. The van der Waals surface area contributed by atoms with E-state index in [-0.39, 0.29) is 18.0 Å². The molecular weight excluding hydrogens is 310 g/mol. The maximum absolute atomic E-state index is 11.4. The molecule has 0 aliphatic carbocycles. The van der Waals surface area contributed by atoms with Crippen LogP contribution in [0.3, 0.4) is 0 Å². The van der Waals surface area contributed by atoms with Crippen LogP contribution in [-0.2, 0) is 9.47 Å². The van der Waals surface area contributed by atoms with Gasteiger partial charge in [-0.1, -0.05) is 0 Å². The van der Waals surface area contributed by atoms with Gasteiger partial charge in [0.15, 0.2) is 5.78 Å². The lowest BCUT2D eigenvalue weighted by Gasteiger charge is -2.20. The van der Waals surface area contributed by atoms with Gasteiger partial charge < -0.3 is 14.4 Å². The third-order valence-corrected chi connectivity index (χ3v) is 4.15. The second kappa shape index (κ2) is 6.03. The third-order valence-electron chi connectivity index (χ3n) is 3.52. The smallest absolute Gasteiger partial charge is 0.159 e. The van der Waals surface area contributed by atoms with Crippen molar-refractivity contribution in [2.24, 2.45) is 0 Å². The van der Waals surface area contributed by atoms with Crippen LogP contribution in [0.1, 0.15) is 17.3 Å². The van der Waals surface area contributed by atoms with Crippen molar-refractivity contribution in [3.63, 3.8) is 0 Å². The summed E-state index contributed by atoms with van der Waals surface area (Å²) in [5.74, 6) is 0.0678. The molecule has 1 heterocycles. The van der Waals surface area contributed by atoms with Crippen LogP contribution in [0, 0.1) is 0 Å². The molecule has 0 spiro atoms. The van der Waals surface area contributed by atoms with Crippen LogP contribution in [0.25, 0.3) is 0 Å². The number of halogens is 1. The molecule has 1 aromatic carbocycles. The topological polar surface area (TPSA) is 38.8 Å². The molecule has 0 saturated carbocycles. The second-order valence-corrected chi connectivity index (χ2v) is 5.53. The third kappa shape index (κ3) is 2.99. The molecule has 2 unspecified atom stereocenters. The van der Waals surface area contributed by atoms with Gasteiger partial charge in [-0.25, -0.2) is 0 Å². The maximum Gasteiger partial charge on any atom is 0.159 e. The molecule has 1 aromatic rings. The lowest BCUT2D eigenvalue weighted by molar-refractivity contribution is -0.00461. The first-order valence-electron chi connectivity index (χ1n) is 6.17. The van der Waals surface area contributed by atoms with Gasteiger partial charge in [-0.3, -0.25) is 4.79 Å². The van der Waals surface area contributed by atoms with E-state index in [9.17, 15) is 4.79 Å². The van der Waals surface area contributed by atoms with Gasteiger partial charge in [0.1, 0.15) is 12.2 Å². The quantitative estimate of drug-likeness (QED) is 0.796. The van der Waals surface area contributed by atoms with Crippen LogP contribution in [0.2, 0.25) is 0 Å². The first kappa shape index (κ1) is 14.5. The Hall–Kier alpha value is -0.910. The molecular formula is C14H18BrNO3. The predicted octanol–water partition coefficient (Wildman–Crippen LogP) is 2.50. The molecule has 1 saturated heterocycles. The minimum atomic E-state index is 0.0678. The first-order valence-corrected chi connectivity index (χ1v) is 6.97. The summed E-state index contributed by atoms with van der Waals surface area (Å²) in [5, 5.41) is 0. The van der Waals surface area contributed by atoms with E-state index < -0.39 is 0 Å². The highest BCUT2D eigenvalue weighted by molar-refractivity contribution is 9.10. The number of hydrogen-bond acceptors (Lipinski definition) is 4. The normalized spacial score (nSPS) is 22.8. The van der Waals surface area contributed by atoms with E-state index in [0.717, 1.165) is 23.2 Å². The lowest BCUT2D eigenvalue weighted by Crippen LogP contribution is -2.27. The van der Waals surface area contributed by atoms with Crippen molar-refractivity contribution in [2.75, 3.05) is 32.2 Å². The highest BCUT2D eigenvalue weighted by atomic mass is 79.9. The summed E-state index contributed by atoms with van der Waals surface area (Å²) in [6.07, 6.45) is 0.147. The number of carbonyl (C=O) groups excluding carboxylic acids is 1. The number of methoxy groups -OCH3 is 2. The number of rotatable bonds is 4. The minimum absolute atomic E-state index is 0.0678. The average Bonchev–Trinajstić information content (AvgIpc) is 2.81. The number of nitrogens with zero attached hydrogens (tertiary/aromatic N) is 1. The average molecular weight is 328 g/mol. The van der Waals surface area contributed by atoms with Crippen molar-refractivity contribution in [1.82, 2.24) is 0 Å². The fourth-order valence-corrected chi connectivity index (χ4v) is 3.01. The molecule has 5 heteroatoms. The maximum atomic E-state index is 11.4. The standard InChI is InChI=1S/C14H18BrNO3/c1-9(17)10-4-5-12(11(15)6-10)16-7-13(18-2)14(8-16)19-3/h4-6,13-14H,7-8H2,1-3H3. The summed E-state index contributed by atoms with van der Waals surface area (Å²) < 4.78 is 11.8. The fourth-order valence-electron chi connectivity index (χ4n) is 2.38. The van der Waals surface area contributed by atoms with E-state index in [2.05, 4.69) is 20.8 Å². The SMILES string of the molecule is COC1CN(c2ccc(C(C)=O)cc2Br)CC1OC. The Morgan fingerprint density at radius 3 is 2.26 bits per heavy atom. The second-order valence-electron chi connectivity index (χ2n) is 4.68. The molecule has 0 aromatic heterocycles. The zero-order valence-corrected chi connectivity index (χ0v) is 12.9. The van der Waals surface area contributed by atoms with E-state index in [1.807, 2.05) is 18.2 Å². The molecule has 1 aliphatic heterocycles. The first-order chi connectivity index (χ1) is 9.06. The molecule has 0 amide bonds.